The molecule has 0 N–H and O–H groups in total. The molecule has 1 fully saturated rings. The van der Waals surface area contributed by atoms with E-state index in [0.717, 1.165) is 16.9 Å². The predicted molar refractivity (Wildman–Crippen MR) is 82.7 cm³/mol. The van der Waals surface area contributed by atoms with E-state index in [4.69, 9.17) is 11.4 Å². The summed E-state index contributed by atoms with van der Waals surface area (Å²) in [5.74, 6) is 3.84. The maximum Gasteiger partial charge on any atom is 0.223 e. The molecule has 1 aliphatic heterocycles. The summed E-state index contributed by atoms with van der Waals surface area (Å²) in [7, 11) is 0. The van der Waals surface area contributed by atoms with E-state index in [1.165, 1.54) is 0 Å². The van der Waals surface area contributed by atoms with Gasteiger partial charge < -0.3 is 9.47 Å². The average molecular weight is 279 g/mol. The van der Waals surface area contributed by atoms with Gasteiger partial charge in [-0.15, -0.1) is 13.0 Å². The summed E-state index contributed by atoms with van der Waals surface area (Å²) >= 11 is 0. The molecule has 106 valence electrons. The van der Waals surface area contributed by atoms with Crippen molar-refractivity contribution in [3.8, 4) is 12.3 Å². The molecule has 1 aromatic carbocycles. The number of carbonyl (C=O) groups is 1. The number of benzene rings is 1. The number of amides is 1. The maximum absolute atomic E-state index is 12.0. The molecule has 1 saturated heterocycles. The lowest BCUT2D eigenvalue weighted by Gasteiger charge is -2.14. The largest absolute Gasteiger partial charge is 0.338 e. The zero-order valence-electron chi connectivity index (χ0n) is 11.8. The minimum Gasteiger partial charge on any atom is -0.338 e. The number of carbonyl (C=O) groups excluding carboxylic acids is 1. The molecule has 1 amide bonds. The Hall–Kier alpha value is -2.54. The zero-order valence-corrected chi connectivity index (χ0v) is 11.8. The summed E-state index contributed by atoms with van der Waals surface area (Å²) in [5.41, 5.74) is 1.96. The monoisotopic (exact) mass is 279 g/mol. The first-order valence-electron chi connectivity index (χ1n) is 7.02. The van der Waals surface area contributed by atoms with Crippen molar-refractivity contribution < 1.29 is 4.79 Å². The van der Waals surface area contributed by atoms with Crippen LogP contribution in [-0.4, -0.2) is 33.4 Å². The fraction of sp³-hybridized carbons (Fsp3) is 0.294. The van der Waals surface area contributed by atoms with Gasteiger partial charge in [-0.3, -0.25) is 4.79 Å². The fourth-order valence-corrected chi connectivity index (χ4v) is 2.94. The number of nitrogens with zero attached hydrogens (tertiary/aromatic N) is 3. The molecule has 4 heteroatoms. The van der Waals surface area contributed by atoms with Crippen LogP contribution in [0.2, 0.25) is 0 Å². The molecular formula is C17H17N3O. The minimum absolute atomic E-state index is 0.0956. The predicted octanol–water partition coefficient (Wildman–Crippen LogP) is 2.17. The molecule has 3 rings (SSSR count). The Morgan fingerprint density at radius 1 is 1.48 bits per heavy atom. The zero-order chi connectivity index (χ0) is 14.8. The molecule has 1 aliphatic rings. The lowest BCUT2D eigenvalue weighted by atomic mass is 10.1. The number of para-hydroxylation sites is 2. The van der Waals surface area contributed by atoms with Crippen LogP contribution < -0.4 is 0 Å². The van der Waals surface area contributed by atoms with Gasteiger partial charge in [-0.25, -0.2) is 4.98 Å². The quantitative estimate of drug-likeness (QED) is 0.635. The molecule has 4 nitrogen and oxygen atoms in total. The van der Waals surface area contributed by atoms with Crippen LogP contribution >= 0.6 is 0 Å². The Bertz CT molecular complexity index is 738. The summed E-state index contributed by atoms with van der Waals surface area (Å²) in [4.78, 5) is 18.6. The number of terminal acetylenes is 1. The third kappa shape index (κ3) is 2.31. The highest BCUT2D eigenvalue weighted by molar-refractivity contribution is 5.81. The van der Waals surface area contributed by atoms with Gasteiger partial charge in [0.05, 0.1) is 17.6 Å². The Labute approximate surface area is 124 Å². The number of hydrogen-bond acceptors (Lipinski definition) is 2. The van der Waals surface area contributed by atoms with Crippen molar-refractivity contribution in [3.05, 3.63) is 42.7 Å². The second kappa shape index (κ2) is 5.45. The normalized spacial score (nSPS) is 18.1. The van der Waals surface area contributed by atoms with Gasteiger partial charge in [-0.1, -0.05) is 24.1 Å². The minimum atomic E-state index is 0.0956. The number of hydrogen-bond donors (Lipinski definition) is 0. The van der Waals surface area contributed by atoms with Crippen molar-refractivity contribution in [2.45, 2.75) is 18.9 Å². The number of likely N-dealkylation sites (tertiary alicyclic amines) is 1. The Morgan fingerprint density at radius 2 is 2.29 bits per heavy atom. The van der Waals surface area contributed by atoms with Crippen LogP contribution in [0.4, 0.5) is 0 Å². The lowest BCUT2D eigenvalue weighted by Crippen LogP contribution is -2.25. The third-order valence-corrected chi connectivity index (χ3v) is 3.86. The van der Waals surface area contributed by atoms with Crippen molar-refractivity contribution in [2.24, 2.45) is 0 Å². The Kier molecular flexibility index (Phi) is 3.49. The topological polar surface area (TPSA) is 38.1 Å². The Balaban J connectivity index is 2.01. The number of rotatable bonds is 4. The van der Waals surface area contributed by atoms with Gasteiger partial charge in [0.2, 0.25) is 5.91 Å². The molecular weight excluding hydrogens is 262 g/mol. The van der Waals surface area contributed by atoms with E-state index < -0.39 is 0 Å². The molecule has 0 saturated carbocycles. The number of aromatic nitrogens is 2. The second-order valence-electron chi connectivity index (χ2n) is 5.24. The molecule has 1 atom stereocenters. The molecule has 2 heterocycles. The van der Waals surface area contributed by atoms with Gasteiger partial charge in [-0.2, -0.15) is 0 Å². The average Bonchev–Trinajstić information content (AvgIpc) is 3.02. The molecule has 0 bridgehead atoms. The molecule has 0 spiro atoms. The van der Waals surface area contributed by atoms with Gasteiger partial charge in [0, 0.05) is 25.4 Å². The SMILES string of the molecule is C#CCn1c([C@H]2CC(=O)N(CC=C)C2)nc2ccccc21. The molecule has 0 aliphatic carbocycles. The van der Waals surface area contributed by atoms with E-state index in [1.807, 2.05) is 33.7 Å². The van der Waals surface area contributed by atoms with Crippen LogP contribution in [0, 0.1) is 12.3 Å². The summed E-state index contributed by atoms with van der Waals surface area (Å²) in [6.45, 7) is 5.44. The summed E-state index contributed by atoms with van der Waals surface area (Å²) in [6, 6.07) is 7.93. The van der Waals surface area contributed by atoms with Gasteiger partial charge >= 0.3 is 0 Å². The number of fused-ring (bicyclic) bond motifs is 1. The van der Waals surface area contributed by atoms with E-state index in [2.05, 4.69) is 12.5 Å². The van der Waals surface area contributed by atoms with Crippen molar-refractivity contribution in [2.75, 3.05) is 13.1 Å². The highest BCUT2D eigenvalue weighted by Gasteiger charge is 2.33. The molecule has 2 aromatic rings. The molecule has 21 heavy (non-hydrogen) atoms. The van der Waals surface area contributed by atoms with Crippen LogP contribution in [0.1, 0.15) is 18.2 Å². The number of imidazole rings is 1. The second-order valence-corrected chi connectivity index (χ2v) is 5.24. The highest BCUT2D eigenvalue weighted by atomic mass is 16.2. The van der Waals surface area contributed by atoms with Crippen molar-refractivity contribution in [1.29, 1.82) is 0 Å². The van der Waals surface area contributed by atoms with Crippen LogP contribution in [-0.2, 0) is 11.3 Å². The van der Waals surface area contributed by atoms with E-state index in [0.29, 0.717) is 26.1 Å². The van der Waals surface area contributed by atoms with Crippen molar-refractivity contribution in [3.63, 3.8) is 0 Å². The third-order valence-electron chi connectivity index (χ3n) is 3.86. The summed E-state index contributed by atoms with van der Waals surface area (Å²) < 4.78 is 2.05. The van der Waals surface area contributed by atoms with Gasteiger partial charge in [0.15, 0.2) is 0 Å². The van der Waals surface area contributed by atoms with Crippen LogP contribution in [0.15, 0.2) is 36.9 Å². The lowest BCUT2D eigenvalue weighted by molar-refractivity contribution is -0.127. The smallest absolute Gasteiger partial charge is 0.223 e. The van der Waals surface area contributed by atoms with Gasteiger partial charge in [0.1, 0.15) is 5.82 Å². The molecule has 0 radical (unpaired) electrons. The molecule has 0 unspecified atom stereocenters. The van der Waals surface area contributed by atoms with E-state index in [-0.39, 0.29) is 11.8 Å². The van der Waals surface area contributed by atoms with Crippen LogP contribution in [0.3, 0.4) is 0 Å². The van der Waals surface area contributed by atoms with E-state index >= 15 is 0 Å². The van der Waals surface area contributed by atoms with Gasteiger partial charge in [0.25, 0.3) is 0 Å². The van der Waals surface area contributed by atoms with Gasteiger partial charge in [-0.05, 0) is 12.1 Å². The molecule has 1 aromatic heterocycles. The van der Waals surface area contributed by atoms with Crippen molar-refractivity contribution in [1.82, 2.24) is 14.5 Å². The first-order chi connectivity index (χ1) is 10.2. The van der Waals surface area contributed by atoms with E-state index in [1.54, 1.807) is 6.08 Å². The highest BCUT2D eigenvalue weighted by Crippen LogP contribution is 2.30. The van der Waals surface area contributed by atoms with Crippen molar-refractivity contribution >= 4 is 16.9 Å². The maximum atomic E-state index is 12.0. The summed E-state index contributed by atoms with van der Waals surface area (Å²) in [5, 5.41) is 0. The summed E-state index contributed by atoms with van der Waals surface area (Å²) in [6.07, 6.45) is 7.73. The van der Waals surface area contributed by atoms with Crippen LogP contribution in [0.25, 0.3) is 11.0 Å². The standard InChI is InChI=1S/C17H17N3O/c1-3-9-19-12-13(11-16(19)21)17-18-14-7-5-6-8-15(14)20(17)10-4-2/h2-3,5-8,13H,1,9-12H2/t13-/m0/s1. The van der Waals surface area contributed by atoms with E-state index in [9.17, 15) is 4.79 Å². The first-order valence-corrected chi connectivity index (χ1v) is 7.02. The first kappa shape index (κ1) is 13.4. The Morgan fingerprint density at radius 3 is 3.05 bits per heavy atom. The fourth-order valence-electron chi connectivity index (χ4n) is 2.94. The van der Waals surface area contributed by atoms with Crippen LogP contribution in [0.5, 0.6) is 0 Å².